The molecule has 3 saturated heterocycles. The minimum absolute atomic E-state index is 0.0889. The third kappa shape index (κ3) is 4.80. The number of nitrogens with two attached hydrogens (primary N) is 1. The molecule has 9 nitrogen and oxygen atoms in total. The van der Waals surface area contributed by atoms with Crippen LogP contribution in [0.1, 0.15) is 39.2 Å². The lowest BCUT2D eigenvalue weighted by Gasteiger charge is -2.29. The third-order valence-electron chi connectivity index (χ3n) is 6.58. The highest BCUT2D eigenvalue weighted by atomic mass is 35.5. The summed E-state index contributed by atoms with van der Waals surface area (Å²) in [6.07, 6.45) is 4.39. The Morgan fingerprint density at radius 2 is 2.09 bits per heavy atom. The molecule has 1 aromatic carbocycles. The van der Waals surface area contributed by atoms with Crippen LogP contribution in [-0.4, -0.2) is 69.2 Å². The van der Waals surface area contributed by atoms with Gasteiger partial charge in [-0.2, -0.15) is 0 Å². The third-order valence-corrected chi connectivity index (χ3v) is 6.85. The predicted octanol–water partition coefficient (Wildman–Crippen LogP) is 3.58. The first kappa shape index (κ1) is 24.2. The molecule has 3 N–H and O–H groups in total. The molecule has 3 aliphatic heterocycles. The first-order valence-electron chi connectivity index (χ1n) is 12.0. The second-order valence-corrected chi connectivity index (χ2v) is 9.90. The molecule has 35 heavy (non-hydrogen) atoms. The molecule has 3 atom stereocenters. The topological polar surface area (TPSA) is 112 Å². The summed E-state index contributed by atoms with van der Waals surface area (Å²) in [6.45, 7) is 6.97. The quantitative estimate of drug-likeness (QED) is 0.556. The van der Waals surface area contributed by atoms with Crippen LogP contribution in [0.2, 0.25) is 5.02 Å². The highest BCUT2D eigenvalue weighted by Crippen LogP contribution is 2.38. The van der Waals surface area contributed by atoms with E-state index < -0.39 is 5.82 Å². The van der Waals surface area contributed by atoms with Crippen molar-refractivity contribution in [3.05, 3.63) is 29.2 Å². The van der Waals surface area contributed by atoms with Gasteiger partial charge < -0.3 is 29.8 Å². The van der Waals surface area contributed by atoms with Crippen molar-refractivity contribution in [3.63, 3.8) is 0 Å². The van der Waals surface area contributed by atoms with E-state index in [1.165, 1.54) is 12.3 Å². The van der Waals surface area contributed by atoms with E-state index in [9.17, 15) is 0 Å². The Labute approximate surface area is 208 Å². The molecule has 2 bridgehead atoms. The van der Waals surface area contributed by atoms with Crippen molar-refractivity contribution < 1.29 is 19.0 Å². The number of morpholine rings is 1. The van der Waals surface area contributed by atoms with Crippen LogP contribution in [0.5, 0.6) is 0 Å². The number of halogens is 2. The average Bonchev–Trinajstić information content (AvgIpc) is 3.55. The first-order valence-corrected chi connectivity index (χ1v) is 12.3. The van der Waals surface area contributed by atoms with Gasteiger partial charge in [-0.1, -0.05) is 11.6 Å². The number of benzene rings is 1. The smallest absolute Gasteiger partial charge is 0.220 e. The van der Waals surface area contributed by atoms with E-state index in [4.69, 9.17) is 31.9 Å². The number of anilines is 2. The Morgan fingerprint density at radius 3 is 2.69 bits per heavy atom. The van der Waals surface area contributed by atoms with E-state index in [0.29, 0.717) is 40.5 Å². The molecule has 188 valence electrons. The van der Waals surface area contributed by atoms with Crippen LogP contribution in [-0.2, 0) is 9.47 Å². The largest absolute Gasteiger partial charge is 0.391 e. The maximum absolute atomic E-state index is 15.1. The lowest BCUT2D eigenvalue weighted by atomic mass is 10.1. The monoisotopic (exact) mass is 504 g/mol. The fourth-order valence-electron chi connectivity index (χ4n) is 4.94. The normalized spacial score (nSPS) is 23.7. The molecule has 3 aromatic rings. The van der Waals surface area contributed by atoms with E-state index >= 15 is 4.39 Å². The van der Waals surface area contributed by atoms with Gasteiger partial charge in [-0.05, 0) is 45.2 Å². The number of nitrogen functional groups attached to an aromatic ring is 1. The molecule has 0 saturated carbocycles. The minimum Gasteiger partial charge on any atom is -0.391 e. The summed E-state index contributed by atoms with van der Waals surface area (Å²) in [6, 6.07) is 3.66. The number of aliphatic hydroxyl groups excluding tert-OH is 1. The lowest BCUT2D eigenvalue weighted by molar-refractivity contribution is -0.00535. The zero-order valence-corrected chi connectivity index (χ0v) is 20.6. The number of imidazole rings is 1. The Balaban J connectivity index is 0.000000313. The number of nitrogens with zero attached hydrogens (tertiary/aromatic N) is 5. The molecule has 0 aliphatic carbocycles. The van der Waals surface area contributed by atoms with E-state index in [1.807, 2.05) is 6.07 Å². The van der Waals surface area contributed by atoms with Crippen molar-refractivity contribution in [2.45, 2.75) is 57.4 Å². The van der Waals surface area contributed by atoms with Crippen molar-refractivity contribution in [3.8, 4) is 11.3 Å². The summed E-state index contributed by atoms with van der Waals surface area (Å²) < 4.78 is 27.8. The highest BCUT2D eigenvalue weighted by Gasteiger charge is 2.41. The van der Waals surface area contributed by atoms with Crippen LogP contribution in [0.3, 0.4) is 0 Å². The second kappa shape index (κ2) is 9.85. The van der Waals surface area contributed by atoms with Crippen molar-refractivity contribution in [1.29, 1.82) is 0 Å². The molecular weight excluding hydrogens is 475 g/mol. The first-order chi connectivity index (χ1) is 16.8. The predicted molar refractivity (Wildman–Crippen MR) is 132 cm³/mol. The number of aromatic nitrogens is 4. The van der Waals surface area contributed by atoms with Gasteiger partial charge in [0.2, 0.25) is 11.9 Å². The van der Waals surface area contributed by atoms with Crippen LogP contribution >= 0.6 is 11.6 Å². The van der Waals surface area contributed by atoms with Crippen molar-refractivity contribution in [2.24, 2.45) is 0 Å². The van der Waals surface area contributed by atoms with E-state index in [0.717, 1.165) is 38.4 Å². The fraction of sp³-hybridized carbons (Fsp3) is 0.542. The Morgan fingerprint density at radius 1 is 1.26 bits per heavy atom. The molecule has 6 rings (SSSR count). The number of rotatable bonds is 3. The number of ether oxygens (including phenoxy) is 2. The highest BCUT2D eigenvalue weighted by molar-refractivity contribution is 6.33. The molecule has 0 amide bonds. The van der Waals surface area contributed by atoms with Gasteiger partial charge in [0.1, 0.15) is 5.52 Å². The summed E-state index contributed by atoms with van der Waals surface area (Å²) in [5.41, 5.74) is 7.70. The average molecular weight is 505 g/mol. The second-order valence-electron chi connectivity index (χ2n) is 9.49. The molecule has 0 radical (unpaired) electrons. The number of fused-ring (bicyclic) bond motifs is 3. The van der Waals surface area contributed by atoms with Gasteiger partial charge >= 0.3 is 0 Å². The molecule has 11 heteroatoms. The Bertz CT molecular complexity index is 1220. The zero-order valence-electron chi connectivity index (χ0n) is 19.8. The number of hydrogen-bond acceptors (Lipinski definition) is 8. The SMILES string of the molecule is CC(C)n1c(N2CC3CC2CO3)nc2c(F)cc(-c3nc(N)ncc3Cl)cc21.OC1CCCOC1. The molecule has 3 unspecified atom stereocenters. The molecule has 3 aliphatic rings. The van der Waals surface area contributed by atoms with E-state index in [2.05, 4.69) is 38.3 Å². The van der Waals surface area contributed by atoms with E-state index in [-0.39, 0.29) is 30.2 Å². The number of hydrogen-bond donors (Lipinski definition) is 2. The Kier molecular flexibility index (Phi) is 6.80. The van der Waals surface area contributed by atoms with Crippen LogP contribution in [0.15, 0.2) is 18.3 Å². The molecule has 0 spiro atoms. The van der Waals surface area contributed by atoms with Gasteiger partial charge in [0, 0.05) is 24.8 Å². The van der Waals surface area contributed by atoms with Gasteiger partial charge in [-0.25, -0.2) is 19.3 Å². The maximum Gasteiger partial charge on any atom is 0.220 e. The van der Waals surface area contributed by atoms with Gasteiger partial charge in [0.15, 0.2) is 5.82 Å². The van der Waals surface area contributed by atoms with Gasteiger partial charge in [-0.3, -0.25) is 0 Å². The van der Waals surface area contributed by atoms with E-state index in [1.54, 1.807) is 0 Å². The van der Waals surface area contributed by atoms with Crippen molar-refractivity contribution in [2.75, 3.05) is 37.0 Å². The molecule has 3 fully saturated rings. The van der Waals surface area contributed by atoms with Crippen LogP contribution < -0.4 is 10.6 Å². The fourth-order valence-corrected chi connectivity index (χ4v) is 5.14. The summed E-state index contributed by atoms with van der Waals surface area (Å²) in [7, 11) is 0. The van der Waals surface area contributed by atoms with Crippen molar-refractivity contribution in [1.82, 2.24) is 19.5 Å². The summed E-state index contributed by atoms with van der Waals surface area (Å²) in [5, 5.41) is 9.10. The molecular formula is C24H30ClFN6O3. The van der Waals surface area contributed by atoms with Crippen LogP contribution in [0.25, 0.3) is 22.3 Å². The van der Waals surface area contributed by atoms with Crippen LogP contribution in [0.4, 0.5) is 16.3 Å². The maximum atomic E-state index is 15.1. The summed E-state index contributed by atoms with van der Waals surface area (Å²) >= 11 is 6.24. The lowest BCUT2D eigenvalue weighted by Crippen LogP contribution is -2.38. The molecule has 2 aromatic heterocycles. The van der Waals surface area contributed by atoms with Gasteiger partial charge in [-0.15, -0.1) is 0 Å². The standard InChI is InChI=1S/C19H20ClFN6O.C5H10O2/c1-9(2)27-15-4-10(16-13(20)6-23-18(22)24-16)3-14(21)17(15)25-19(27)26-7-12-5-11(26)8-28-12;6-5-2-1-3-7-4-5/h3-4,6,9,11-12H,5,7-8H2,1-2H3,(H2,22,23,24);5-6H,1-4H2. The van der Waals surface area contributed by atoms with Crippen LogP contribution in [0, 0.1) is 5.82 Å². The summed E-state index contributed by atoms with van der Waals surface area (Å²) in [5.74, 6) is 0.457. The Hall–Kier alpha value is -2.53. The van der Waals surface area contributed by atoms with Gasteiger partial charge in [0.05, 0.1) is 53.9 Å². The molecule has 5 heterocycles. The zero-order chi connectivity index (χ0) is 24.7. The number of aliphatic hydroxyl groups is 1. The van der Waals surface area contributed by atoms with Crippen molar-refractivity contribution >= 4 is 34.5 Å². The van der Waals surface area contributed by atoms with Gasteiger partial charge in [0.25, 0.3) is 0 Å². The minimum atomic E-state index is -0.415. The summed E-state index contributed by atoms with van der Waals surface area (Å²) in [4.78, 5) is 15.0.